The highest BCUT2D eigenvalue weighted by atomic mass is 15.1. The summed E-state index contributed by atoms with van der Waals surface area (Å²) < 4.78 is 0. The Hall–Kier alpha value is -1.32. The number of hydrogen-bond donors (Lipinski definition) is 2. The summed E-state index contributed by atoms with van der Waals surface area (Å²) in [7, 11) is 1.87. The van der Waals surface area contributed by atoms with Gasteiger partial charge in [-0.2, -0.15) is 0 Å². The van der Waals surface area contributed by atoms with Gasteiger partial charge in [0, 0.05) is 18.2 Å². The number of aryl methyl sites for hydroxylation is 1. The Morgan fingerprint density at radius 1 is 1.00 bits per heavy atom. The molecule has 1 aromatic heterocycles. The van der Waals surface area contributed by atoms with Gasteiger partial charge in [-0.15, -0.1) is 0 Å². The van der Waals surface area contributed by atoms with Gasteiger partial charge in [-0.1, -0.05) is 0 Å². The van der Waals surface area contributed by atoms with E-state index >= 15 is 0 Å². The molecule has 84 valence electrons. The van der Waals surface area contributed by atoms with Crippen molar-refractivity contribution >= 4 is 11.6 Å². The highest BCUT2D eigenvalue weighted by Gasteiger charge is 2.14. The van der Waals surface area contributed by atoms with Gasteiger partial charge in [0.15, 0.2) is 0 Å². The first-order chi connectivity index (χ1) is 6.83. The zero-order valence-corrected chi connectivity index (χ0v) is 10.4. The van der Waals surface area contributed by atoms with E-state index in [2.05, 4.69) is 41.4 Å². The van der Waals surface area contributed by atoms with Gasteiger partial charge in [0.05, 0.1) is 0 Å². The van der Waals surface area contributed by atoms with Gasteiger partial charge in [0.25, 0.3) is 0 Å². The Morgan fingerprint density at radius 2 is 1.53 bits per heavy atom. The molecule has 0 spiro atoms. The van der Waals surface area contributed by atoms with Crippen LogP contribution in [0, 0.1) is 13.8 Å². The molecular formula is C11H20N4. The summed E-state index contributed by atoms with van der Waals surface area (Å²) >= 11 is 0. The molecule has 1 rings (SSSR count). The minimum absolute atomic E-state index is 0.0105. The summed E-state index contributed by atoms with van der Waals surface area (Å²) in [6.45, 7) is 10.3. The lowest BCUT2D eigenvalue weighted by Gasteiger charge is -2.23. The molecule has 15 heavy (non-hydrogen) atoms. The summed E-state index contributed by atoms with van der Waals surface area (Å²) in [5.74, 6) is 2.56. The zero-order chi connectivity index (χ0) is 11.6. The highest BCUT2D eigenvalue weighted by Crippen LogP contribution is 2.22. The Labute approximate surface area is 91.5 Å². The molecule has 0 aliphatic rings. The van der Waals surface area contributed by atoms with Gasteiger partial charge in [-0.3, -0.25) is 0 Å². The van der Waals surface area contributed by atoms with Crippen molar-refractivity contribution in [2.75, 3.05) is 17.7 Å². The minimum atomic E-state index is 0.0105. The third-order valence-electron chi connectivity index (χ3n) is 1.99. The lowest BCUT2D eigenvalue weighted by molar-refractivity contribution is 0.628. The predicted molar refractivity (Wildman–Crippen MR) is 64.4 cm³/mol. The molecule has 0 radical (unpaired) electrons. The van der Waals surface area contributed by atoms with Crippen LogP contribution in [0.15, 0.2) is 0 Å². The van der Waals surface area contributed by atoms with Crippen LogP contribution in [0.5, 0.6) is 0 Å². The maximum Gasteiger partial charge on any atom is 0.135 e. The second-order valence-electron chi connectivity index (χ2n) is 4.72. The number of nitrogens with one attached hydrogen (secondary N) is 2. The molecule has 1 aromatic rings. The first kappa shape index (κ1) is 11.8. The number of aromatic nitrogens is 2. The van der Waals surface area contributed by atoms with Gasteiger partial charge >= 0.3 is 0 Å². The molecule has 0 aliphatic carbocycles. The number of rotatable bonds is 2. The molecule has 4 heteroatoms. The standard InChI is InChI=1S/C11H20N4/c1-7-9(12-6)13-8(2)14-10(7)15-11(3,4)5/h1-6H3,(H2,12,13,14,15). The Bertz CT molecular complexity index is 352. The van der Waals surface area contributed by atoms with Gasteiger partial charge in [-0.05, 0) is 34.6 Å². The molecule has 0 aromatic carbocycles. The predicted octanol–water partition coefficient (Wildman–Crippen LogP) is 2.35. The van der Waals surface area contributed by atoms with Gasteiger partial charge < -0.3 is 10.6 Å². The van der Waals surface area contributed by atoms with E-state index in [-0.39, 0.29) is 5.54 Å². The molecule has 0 aliphatic heterocycles. The van der Waals surface area contributed by atoms with Crippen molar-refractivity contribution in [2.45, 2.75) is 40.2 Å². The topological polar surface area (TPSA) is 49.8 Å². The lowest BCUT2D eigenvalue weighted by Crippen LogP contribution is -2.27. The molecule has 0 saturated carbocycles. The average molecular weight is 208 g/mol. The molecule has 0 atom stereocenters. The molecule has 4 nitrogen and oxygen atoms in total. The molecule has 1 heterocycles. The van der Waals surface area contributed by atoms with E-state index in [0.29, 0.717) is 0 Å². The third kappa shape index (κ3) is 3.08. The molecular weight excluding hydrogens is 188 g/mol. The maximum atomic E-state index is 4.40. The van der Waals surface area contributed by atoms with Crippen LogP contribution in [0.25, 0.3) is 0 Å². The summed E-state index contributed by atoms with van der Waals surface area (Å²) in [5, 5.41) is 6.44. The number of hydrogen-bond acceptors (Lipinski definition) is 4. The van der Waals surface area contributed by atoms with Crippen LogP contribution < -0.4 is 10.6 Å². The molecule has 0 fully saturated rings. The van der Waals surface area contributed by atoms with Gasteiger partial charge in [0.1, 0.15) is 17.5 Å². The summed E-state index contributed by atoms with van der Waals surface area (Å²) in [6.07, 6.45) is 0. The van der Waals surface area contributed by atoms with E-state index in [1.165, 1.54) is 0 Å². The fraction of sp³-hybridized carbons (Fsp3) is 0.636. The van der Waals surface area contributed by atoms with E-state index < -0.39 is 0 Å². The van der Waals surface area contributed by atoms with Crippen LogP contribution in [0.3, 0.4) is 0 Å². The summed E-state index contributed by atoms with van der Waals surface area (Å²) in [6, 6.07) is 0. The van der Waals surface area contributed by atoms with Crippen molar-refractivity contribution in [1.29, 1.82) is 0 Å². The van der Waals surface area contributed by atoms with E-state index in [0.717, 1.165) is 23.0 Å². The molecule has 0 amide bonds. The van der Waals surface area contributed by atoms with Crippen LogP contribution in [0.1, 0.15) is 32.2 Å². The Balaban J connectivity index is 3.12. The van der Waals surface area contributed by atoms with E-state index in [1.807, 2.05) is 20.9 Å². The van der Waals surface area contributed by atoms with Crippen LogP contribution in [-0.4, -0.2) is 22.6 Å². The van der Waals surface area contributed by atoms with E-state index in [4.69, 9.17) is 0 Å². The minimum Gasteiger partial charge on any atom is -0.373 e. The molecule has 0 bridgehead atoms. The third-order valence-corrected chi connectivity index (χ3v) is 1.99. The second-order valence-corrected chi connectivity index (χ2v) is 4.72. The number of nitrogens with zero attached hydrogens (tertiary/aromatic N) is 2. The summed E-state index contributed by atoms with van der Waals surface area (Å²) in [5.41, 5.74) is 1.06. The zero-order valence-electron chi connectivity index (χ0n) is 10.4. The van der Waals surface area contributed by atoms with Gasteiger partial charge in [0.2, 0.25) is 0 Å². The van der Waals surface area contributed by atoms with Crippen LogP contribution in [0.4, 0.5) is 11.6 Å². The van der Waals surface area contributed by atoms with Crippen LogP contribution in [0.2, 0.25) is 0 Å². The molecule has 0 unspecified atom stereocenters. The summed E-state index contributed by atoms with van der Waals surface area (Å²) in [4.78, 5) is 8.72. The Kier molecular flexibility index (Phi) is 3.17. The van der Waals surface area contributed by atoms with Crippen molar-refractivity contribution in [3.05, 3.63) is 11.4 Å². The van der Waals surface area contributed by atoms with Crippen LogP contribution in [-0.2, 0) is 0 Å². The monoisotopic (exact) mass is 208 g/mol. The molecule has 2 N–H and O–H groups in total. The smallest absolute Gasteiger partial charge is 0.135 e. The van der Waals surface area contributed by atoms with Crippen molar-refractivity contribution in [3.8, 4) is 0 Å². The Morgan fingerprint density at radius 3 is 2.00 bits per heavy atom. The van der Waals surface area contributed by atoms with Gasteiger partial charge in [-0.25, -0.2) is 9.97 Å². The van der Waals surface area contributed by atoms with Crippen LogP contribution >= 0.6 is 0 Å². The lowest BCUT2D eigenvalue weighted by atomic mass is 10.1. The average Bonchev–Trinajstić information content (AvgIpc) is 2.08. The van der Waals surface area contributed by atoms with Crippen molar-refractivity contribution in [1.82, 2.24) is 9.97 Å². The van der Waals surface area contributed by atoms with Crippen molar-refractivity contribution < 1.29 is 0 Å². The number of anilines is 2. The first-order valence-electron chi connectivity index (χ1n) is 5.14. The largest absolute Gasteiger partial charge is 0.373 e. The maximum absolute atomic E-state index is 4.40. The first-order valence-corrected chi connectivity index (χ1v) is 5.14. The highest BCUT2D eigenvalue weighted by molar-refractivity contribution is 5.57. The second kappa shape index (κ2) is 4.04. The van der Waals surface area contributed by atoms with E-state index in [1.54, 1.807) is 0 Å². The van der Waals surface area contributed by atoms with E-state index in [9.17, 15) is 0 Å². The molecule has 0 saturated heterocycles. The van der Waals surface area contributed by atoms with Crippen molar-refractivity contribution in [2.24, 2.45) is 0 Å². The SMILES string of the molecule is CNc1nc(C)nc(NC(C)(C)C)c1C. The quantitative estimate of drug-likeness (QED) is 0.783. The van der Waals surface area contributed by atoms with Crippen molar-refractivity contribution in [3.63, 3.8) is 0 Å². The normalized spacial score (nSPS) is 11.3. The fourth-order valence-corrected chi connectivity index (χ4v) is 1.35. The fourth-order valence-electron chi connectivity index (χ4n) is 1.35.